The lowest BCUT2D eigenvalue weighted by Crippen LogP contribution is -2.40. The highest BCUT2D eigenvalue weighted by molar-refractivity contribution is 6.29. The van der Waals surface area contributed by atoms with Gasteiger partial charge >= 0.3 is 6.09 Å². The molecule has 18 heavy (non-hydrogen) atoms. The summed E-state index contributed by atoms with van der Waals surface area (Å²) in [5.74, 6) is 0. The highest BCUT2D eigenvalue weighted by Crippen LogP contribution is 2.21. The number of amides is 1. The van der Waals surface area contributed by atoms with Crippen LogP contribution in [0.5, 0.6) is 0 Å². The van der Waals surface area contributed by atoms with E-state index in [4.69, 9.17) is 16.3 Å². The Bertz CT molecular complexity index is 469. The zero-order valence-electron chi connectivity index (χ0n) is 10.9. The van der Waals surface area contributed by atoms with E-state index in [2.05, 4.69) is 4.98 Å². The predicted octanol–water partition coefficient (Wildman–Crippen LogP) is 3.03. The summed E-state index contributed by atoms with van der Waals surface area (Å²) in [7, 11) is 0. The van der Waals surface area contributed by atoms with Gasteiger partial charge in [-0.2, -0.15) is 0 Å². The van der Waals surface area contributed by atoms with Gasteiger partial charge in [-0.25, -0.2) is 9.78 Å². The second kappa shape index (κ2) is 4.76. The molecule has 1 aromatic rings. The number of carbonyl (C=O) groups excluding carboxylic acids is 1. The van der Waals surface area contributed by atoms with Crippen molar-refractivity contribution in [3.63, 3.8) is 0 Å². The molecule has 0 atom stereocenters. The second-order valence-electron chi connectivity index (χ2n) is 5.39. The first kappa shape index (κ1) is 13.1. The molecule has 5 heteroatoms. The van der Waals surface area contributed by atoms with Crippen LogP contribution in [0, 0.1) is 0 Å². The average molecular weight is 269 g/mol. The smallest absolute Gasteiger partial charge is 0.410 e. The molecule has 0 saturated heterocycles. The van der Waals surface area contributed by atoms with Gasteiger partial charge in [0.2, 0.25) is 0 Å². The summed E-state index contributed by atoms with van der Waals surface area (Å²) in [4.78, 5) is 17.9. The molecule has 98 valence electrons. The molecule has 4 nitrogen and oxygen atoms in total. The molecule has 1 aliphatic rings. The Morgan fingerprint density at radius 1 is 1.44 bits per heavy atom. The molecule has 2 heterocycles. The summed E-state index contributed by atoms with van der Waals surface area (Å²) < 4.78 is 5.36. The minimum Gasteiger partial charge on any atom is -0.444 e. The molecule has 0 saturated carbocycles. The maximum Gasteiger partial charge on any atom is 0.410 e. The van der Waals surface area contributed by atoms with Crippen molar-refractivity contribution in [2.24, 2.45) is 0 Å². The van der Waals surface area contributed by atoms with Crippen LogP contribution in [0.2, 0.25) is 5.15 Å². The highest BCUT2D eigenvalue weighted by Gasteiger charge is 2.26. The number of halogens is 1. The number of nitrogens with zero attached hydrogens (tertiary/aromatic N) is 2. The Kier molecular flexibility index (Phi) is 3.48. The van der Waals surface area contributed by atoms with E-state index in [1.165, 1.54) is 0 Å². The fourth-order valence-corrected chi connectivity index (χ4v) is 2.04. The molecule has 1 amide bonds. The van der Waals surface area contributed by atoms with E-state index in [0.29, 0.717) is 18.2 Å². The van der Waals surface area contributed by atoms with Crippen LogP contribution in [-0.4, -0.2) is 28.1 Å². The van der Waals surface area contributed by atoms with E-state index in [-0.39, 0.29) is 6.09 Å². The topological polar surface area (TPSA) is 42.4 Å². The fourth-order valence-electron chi connectivity index (χ4n) is 1.87. The zero-order chi connectivity index (χ0) is 13.3. The Labute approximate surface area is 112 Å². The molecular formula is C13H17ClN2O2. The monoisotopic (exact) mass is 268 g/mol. The quantitative estimate of drug-likeness (QED) is 0.679. The molecular weight excluding hydrogens is 252 g/mol. The van der Waals surface area contributed by atoms with Gasteiger partial charge in [-0.1, -0.05) is 17.7 Å². The molecule has 1 aromatic heterocycles. The van der Waals surface area contributed by atoms with Gasteiger partial charge in [0.1, 0.15) is 10.8 Å². The number of pyridine rings is 1. The number of aromatic nitrogens is 1. The van der Waals surface area contributed by atoms with Gasteiger partial charge in [-0.15, -0.1) is 0 Å². The summed E-state index contributed by atoms with van der Waals surface area (Å²) >= 11 is 5.85. The van der Waals surface area contributed by atoms with E-state index in [1.54, 1.807) is 11.0 Å². The maximum absolute atomic E-state index is 11.9. The van der Waals surface area contributed by atoms with Crippen molar-refractivity contribution in [1.82, 2.24) is 9.88 Å². The van der Waals surface area contributed by atoms with Gasteiger partial charge in [0.15, 0.2) is 0 Å². The van der Waals surface area contributed by atoms with Gasteiger partial charge in [0.05, 0.1) is 6.54 Å². The molecule has 1 aliphatic heterocycles. The first-order valence-electron chi connectivity index (χ1n) is 5.97. The van der Waals surface area contributed by atoms with Crippen molar-refractivity contribution < 1.29 is 9.53 Å². The zero-order valence-corrected chi connectivity index (χ0v) is 11.6. The van der Waals surface area contributed by atoms with Crippen molar-refractivity contribution in [3.05, 3.63) is 28.5 Å². The lowest BCUT2D eigenvalue weighted by atomic mass is 10.1. The summed E-state index contributed by atoms with van der Waals surface area (Å²) in [5, 5.41) is 0.500. The molecule has 2 rings (SSSR count). The predicted molar refractivity (Wildman–Crippen MR) is 69.6 cm³/mol. The summed E-state index contributed by atoms with van der Waals surface area (Å²) in [6.45, 7) is 6.75. The number of hydrogen-bond donors (Lipinski definition) is 0. The lowest BCUT2D eigenvalue weighted by Gasteiger charge is -2.30. The lowest BCUT2D eigenvalue weighted by molar-refractivity contribution is 0.0223. The van der Waals surface area contributed by atoms with Crippen molar-refractivity contribution in [3.8, 4) is 0 Å². The van der Waals surface area contributed by atoms with Crippen LogP contribution < -0.4 is 0 Å². The van der Waals surface area contributed by atoms with Crippen LogP contribution >= 0.6 is 11.6 Å². The number of hydrogen-bond acceptors (Lipinski definition) is 3. The third-order valence-electron chi connectivity index (χ3n) is 2.67. The van der Waals surface area contributed by atoms with Crippen molar-refractivity contribution in [2.45, 2.75) is 39.3 Å². The van der Waals surface area contributed by atoms with Crippen LogP contribution in [0.1, 0.15) is 32.0 Å². The number of ether oxygens (including phenoxy) is 1. The van der Waals surface area contributed by atoms with Crippen molar-refractivity contribution in [1.29, 1.82) is 0 Å². The van der Waals surface area contributed by atoms with Gasteiger partial charge in [0.25, 0.3) is 0 Å². The number of carbonyl (C=O) groups is 1. The Morgan fingerprint density at radius 2 is 2.17 bits per heavy atom. The minimum atomic E-state index is -0.463. The van der Waals surface area contributed by atoms with Crippen LogP contribution in [0.3, 0.4) is 0 Å². The number of fused-ring (bicyclic) bond motifs is 1. The van der Waals surface area contributed by atoms with Crippen molar-refractivity contribution in [2.75, 3.05) is 6.54 Å². The third-order valence-corrected chi connectivity index (χ3v) is 2.88. The highest BCUT2D eigenvalue weighted by atomic mass is 35.5. The Morgan fingerprint density at radius 3 is 2.83 bits per heavy atom. The summed E-state index contributed by atoms with van der Waals surface area (Å²) in [6.07, 6.45) is 0.442. The first-order chi connectivity index (χ1) is 8.35. The Balaban J connectivity index is 2.08. The van der Waals surface area contributed by atoms with Gasteiger partial charge in [-0.05, 0) is 32.4 Å². The van der Waals surface area contributed by atoms with Gasteiger partial charge < -0.3 is 9.64 Å². The molecule has 0 aliphatic carbocycles. The molecule has 0 bridgehead atoms. The van der Waals surface area contributed by atoms with E-state index >= 15 is 0 Å². The van der Waals surface area contributed by atoms with E-state index < -0.39 is 5.60 Å². The maximum atomic E-state index is 11.9. The van der Waals surface area contributed by atoms with Gasteiger partial charge in [-0.3, -0.25) is 0 Å². The minimum absolute atomic E-state index is 0.275. The molecule has 0 unspecified atom stereocenters. The first-order valence-corrected chi connectivity index (χ1v) is 6.35. The van der Waals surface area contributed by atoms with Crippen LogP contribution in [0.25, 0.3) is 0 Å². The summed E-state index contributed by atoms with van der Waals surface area (Å²) in [6, 6.07) is 3.67. The Hall–Kier alpha value is -1.29. The van der Waals surface area contributed by atoms with Crippen LogP contribution in [0.15, 0.2) is 12.1 Å². The molecule has 0 spiro atoms. The standard InChI is InChI=1S/C13H17ClN2O2/c1-13(2,3)18-12(17)16-7-6-10-9(8-16)4-5-11(14)15-10/h4-5H,6-8H2,1-3H3. The summed E-state index contributed by atoms with van der Waals surface area (Å²) in [5.41, 5.74) is 1.55. The number of rotatable bonds is 0. The van der Waals surface area contributed by atoms with Crippen LogP contribution in [0.4, 0.5) is 4.79 Å². The van der Waals surface area contributed by atoms with Gasteiger partial charge in [0, 0.05) is 18.7 Å². The van der Waals surface area contributed by atoms with E-state index in [1.807, 2.05) is 26.8 Å². The molecule has 0 radical (unpaired) electrons. The fraction of sp³-hybridized carbons (Fsp3) is 0.538. The molecule has 0 N–H and O–H groups in total. The van der Waals surface area contributed by atoms with E-state index in [0.717, 1.165) is 17.7 Å². The largest absolute Gasteiger partial charge is 0.444 e. The van der Waals surface area contributed by atoms with E-state index in [9.17, 15) is 4.79 Å². The average Bonchev–Trinajstić information content (AvgIpc) is 2.26. The normalized spacial score (nSPS) is 15.2. The molecule has 0 aromatic carbocycles. The third kappa shape index (κ3) is 3.13. The SMILES string of the molecule is CC(C)(C)OC(=O)N1CCc2nc(Cl)ccc2C1. The second-order valence-corrected chi connectivity index (χ2v) is 5.78. The molecule has 0 fully saturated rings. The van der Waals surface area contributed by atoms with Crippen molar-refractivity contribution >= 4 is 17.7 Å². The van der Waals surface area contributed by atoms with Crippen LogP contribution in [-0.2, 0) is 17.7 Å².